The Hall–Kier alpha value is -1.54. The Morgan fingerprint density at radius 2 is 2.53 bits per heavy atom. The van der Waals surface area contributed by atoms with Crippen LogP contribution in [0.5, 0.6) is 0 Å². The maximum absolute atomic E-state index is 11.8. The van der Waals surface area contributed by atoms with Crippen molar-refractivity contribution in [3.05, 3.63) is 6.33 Å². The molecule has 0 spiro atoms. The molecular weight excluding hydrogens is 224 g/mol. The van der Waals surface area contributed by atoms with Crippen LogP contribution in [-0.2, 0) is 11.3 Å². The number of aliphatic hydroxyl groups is 1. The highest BCUT2D eigenvalue weighted by atomic mass is 16.3. The summed E-state index contributed by atoms with van der Waals surface area (Å²) in [6.45, 7) is 1.72. The van der Waals surface area contributed by atoms with Crippen molar-refractivity contribution in [2.45, 2.75) is 18.6 Å². The van der Waals surface area contributed by atoms with Crippen molar-refractivity contribution in [3.63, 3.8) is 0 Å². The predicted molar refractivity (Wildman–Crippen MR) is 57.9 cm³/mol. The molecule has 0 bridgehead atoms. The van der Waals surface area contributed by atoms with E-state index in [9.17, 15) is 9.90 Å². The summed E-state index contributed by atoms with van der Waals surface area (Å²) in [5.74, 6) is -0.127. The van der Waals surface area contributed by atoms with Gasteiger partial charge >= 0.3 is 0 Å². The fourth-order valence-corrected chi connectivity index (χ4v) is 1.91. The molecule has 1 atom stereocenters. The molecule has 94 valence electrons. The number of hydrogen-bond acceptors (Lipinski definition) is 6. The SMILES string of the molecule is CN(CC1(O)CCNC1)C(=O)Cn1cnnn1. The lowest BCUT2D eigenvalue weighted by Crippen LogP contribution is -2.46. The second-order valence-electron chi connectivity index (χ2n) is 4.41. The van der Waals surface area contributed by atoms with E-state index in [1.165, 1.54) is 15.9 Å². The van der Waals surface area contributed by atoms with Crippen LogP contribution >= 0.6 is 0 Å². The van der Waals surface area contributed by atoms with E-state index in [1.54, 1.807) is 7.05 Å². The van der Waals surface area contributed by atoms with E-state index in [0.717, 1.165) is 6.54 Å². The molecule has 1 aliphatic rings. The lowest BCUT2D eigenvalue weighted by Gasteiger charge is -2.27. The summed E-state index contributed by atoms with van der Waals surface area (Å²) in [7, 11) is 1.67. The molecule has 1 fully saturated rings. The Bertz CT molecular complexity index is 373. The third kappa shape index (κ3) is 2.98. The van der Waals surface area contributed by atoms with Crippen molar-refractivity contribution >= 4 is 5.91 Å². The Kier molecular flexibility index (Phi) is 3.34. The quantitative estimate of drug-likeness (QED) is 0.623. The van der Waals surface area contributed by atoms with Gasteiger partial charge in [-0.25, -0.2) is 4.68 Å². The number of tetrazole rings is 1. The number of likely N-dealkylation sites (N-methyl/N-ethyl adjacent to an activating group) is 1. The summed E-state index contributed by atoms with van der Waals surface area (Å²) >= 11 is 0. The van der Waals surface area contributed by atoms with Gasteiger partial charge in [0, 0.05) is 13.6 Å². The van der Waals surface area contributed by atoms with Gasteiger partial charge in [-0.05, 0) is 23.4 Å². The van der Waals surface area contributed by atoms with Crippen molar-refractivity contribution in [3.8, 4) is 0 Å². The maximum atomic E-state index is 11.8. The lowest BCUT2D eigenvalue weighted by atomic mass is 10.0. The smallest absolute Gasteiger partial charge is 0.244 e. The first-order valence-corrected chi connectivity index (χ1v) is 5.47. The van der Waals surface area contributed by atoms with E-state index in [0.29, 0.717) is 19.5 Å². The first kappa shape index (κ1) is 11.9. The van der Waals surface area contributed by atoms with E-state index in [1.807, 2.05) is 0 Å². The molecule has 1 saturated heterocycles. The molecule has 2 rings (SSSR count). The Morgan fingerprint density at radius 3 is 3.12 bits per heavy atom. The van der Waals surface area contributed by atoms with E-state index in [-0.39, 0.29) is 12.5 Å². The van der Waals surface area contributed by atoms with Gasteiger partial charge in [0.1, 0.15) is 12.9 Å². The molecule has 17 heavy (non-hydrogen) atoms. The number of rotatable bonds is 4. The largest absolute Gasteiger partial charge is 0.387 e. The maximum Gasteiger partial charge on any atom is 0.244 e. The van der Waals surface area contributed by atoms with Crippen LogP contribution in [0.25, 0.3) is 0 Å². The Morgan fingerprint density at radius 1 is 1.71 bits per heavy atom. The number of nitrogens with one attached hydrogen (secondary N) is 1. The number of carbonyl (C=O) groups is 1. The van der Waals surface area contributed by atoms with E-state index in [4.69, 9.17) is 0 Å². The second kappa shape index (κ2) is 4.76. The molecule has 1 unspecified atom stereocenters. The van der Waals surface area contributed by atoms with Crippen molar-refractivity contribution < 1.29 is 9.90 Å². The van der Waals surface area contributed by atoms with Crippen LogP contribution in [0.15, 0.2) is 6.33 Å². The average molecular weight is 240 g/mol. The first-order valence-electron chi connectivity index (χ1n) is 5.47. The van der Waals surface area contributed by atoms with Gasteiger partial charge < -0.3 is 15.3 Å². The minimum Gasteiger partial charge on any atom is -0.387 e. The monoisotopic (exact) mass is 240 g/mol. The van der Waals surface area contributed by atoms with Crippen molar-refractivity contribution in [1.29, 1.82) is 0 Å². The highest BCUT2D eigenvalue weighted by molar-refractivity contribution is 5.75. The van der Waals surface area contributed by atoms with Crippen LogP contribution in [0.1, 0.15) is 6.42 Å². The number of carbonyl (C=O) groups excluding carboxylic acids is 1. The molecule has 8 heteroatoms. The highest BCUT2D eigenvalue weighted by Gasteiger charge is 2.33. The predicted octanol–water partition coefficient (Wildman–Crippen LogP) is -2.14. The molecule has 0 aliphatic carbocycles. The van der Waals surface area contributed by atoms with Gasteiger partial charge in [0.2, 0.25) is 5.91 Å². The molecule has 8 nitrogen and oxygen atoms in total. The summed E-state index contributed by atoms with van der Waals surface area (Å²) in [4.78, 5) is 13.3. The molecule has 0 saturated carbocycles. The van der Waals surface area contributed by atoms with E-state index in [2.05, 4.69) is 20.8 Å². The van der Waals surface area contributed by atoms with Gasteiger partial charge in [-0.3, -0.25) is 4.79 Å². The van der Waals surface area contributed by atoms with Gasteiger partial charge in [-0.15, -0.1) is 5.10 Å². The normalized spacial score (nSPS) is 23.9. The van der Waals surface area contributed by atoms with Gasteiger partial charge in [-0.1, -0.05) is 0 Å². The number of nitrogens with zero attached hydrogens (tertiary/aromatic N) is 5. The molecule has 0 radical (unpaired) electrons. The lowest BCUT2D eigenvalue weighted by molar-refractivity contribution is -0.133. The van der Waals surface area contributed by atoms with Crippen LogP contribution in [0, 0.1) is 0 Å². The Labute approximate surface area is 98.6 Å². The van der Waals surface area contributed by atoms with Crippen LogP contribution < -0.4 is 5.32 Å². The molecule has 0 aromatic carbocycles. The molecule has 1 aromatic heterocycles. The summed E-state index contributed by atoms with van der Waals surface area (Å²) in [6, 6.07) is 0. The van der Waals surface area contributed by atoms with Gasteiger partial charge in [0.15, 0.2) is 0 Å². The average Bonchev–Trinajstić information content (AvgIpc) is 2.90. The van der Waals surface area contributed by atoms with Crippen LogP contribution in [0.4, 0.5) is 0 Å². The number of amides is 1. The van der Waals surface area contributed by atoms with Gasteiger partial charge in [-0.2, -0.15) is 0 Å². The van der Waals surface area contributed by atoms with Crippen LogP contribution in [0.2, 0.25) is 0 Å². The second-order valence-corrected chi connectivity index (χ2v) is 4.41. The first-order chi connectivity index (χ1) is 8.09. The van der Waals surface area contributed by atoms with Crippen molar-refractivity contribution in [2.75, 3.05) is 26.7 Å². The number of hydrogen-bond donors (Lipinski definition) is 2. The third-order valence-corrected chi connectivity index (χ3v) is 2.87. The molecule has 2 heterocycles. The van der Waals surface area contributed by atoms with Crippen LogP contribution in [0.3, 0.4) is 0 Å². The fraction of sp³-hybridized carbons (Fsp3) is 0.778. The minimum atomic E-state index is -0.814. The fourth-order valence-electron chi connectivity index (χ4n) is 1.91. The zero-order valence-corrected chi connectivity index (χ0v) is 9.70. The number of aromatic nitrogens is 4. The zero-order chi connectivity index (χ0) is 12.3. The molecular formula is C9H16N6O2. The van der Waals surface area contributed by atoms with Crippen molar-refractivity contribution in [2.24, 2.45) is 0 Å². The summed E-state index contributed by atoms with van der Waals surface area (Å²) in [5.41, 5.74) is -0.814. The summed E-state index contributed by atoms with van der Waals surface area (Å²) in [6.07, 6.45) is 2.05. The molecule has 1 aliphatic heterocycles. The summed E-state index contributed by atoms with van der Waals surface area (Å²) < 4.78 is 1.36. The molecule has 1 aromatic rings. The topological polar surface area (TPSA) is 96.2 Å². The standard InChI is InChI=1S/C9H16N6O2/c1-14(6-9(17)2-3-10-5-9)8(16)4-15-7-11-12-13-15/h7,10,17H,2-6H2,1H3. The van der Waals surface area contributed by atoms with Crippen molar-refractivity contribution in [1.82, 2.24) is 30.4 Å². The van der Waals surface area contributed by atoms with Crippen LogP contribution in [-0.4, -0.2) is 68.4 Å². The molecule has 2 N–H and O–H groups in total. The van der Waals surface area contributed by atoms with E-state index < -0.39 is 5.60 Å². The molecule has 1 amide bonds. The third-order valence-electron chi connectivity index (χ3n) is 2.87. The van der Waals surface area contributed by atoms with Gasteiger partial charge in [0.05, 0.1) is 12.1 Å². The Balaban J connectivity index is 1.87. The highest BCUT2D eigenvalue weighted by Crippen LogP contribution is 2.15. The van der Waals surface area contributed by atoms with Gasteiger partial charge in [0.25, 0.3) is 0 Å². The van der Waals surface area contributed by atoms with E-state index >= 15 is 0 Å². The zero-order valence-electron chi connectivity index (χ0n) is 9.70. The summed E-state index contributed by atoms with van der Waals surface area (Å²) in [5, 5.41) is 23.7. The number of β-amino-alcohol motifs (C(OH)–C–C–N with tert-alkyl or cyclic N) is 1. The minimum absolute atomic E-state index is 0.0903.